The van der Waals surface area contributed by atoms with Gasteiger partial charge in [-0.1, -0.05) is 11.6 Å². The Kier molecular flexibility index (Phi) is 3.14. The first-order valence-electron chi connectivity index (χ1n) is 6.21. The van der Waals surface area contributed by atoms with Crippen LogP contribution in [0.5, 0.6) is 0 Å². The quantitative estimate of drug-likeness (QED) is 0.874. The van der Waals surface area contributed by atoms with E-state index in [-0.39, 0.29) is 5.91 Å². The van der Waals surface area contributed by atoms with Gasteiger partial charge in [0.1, 0.15) is 11.8 Å². The number of likely N-dealkylation sites (tertiary alicyclic amines) is 1. The highest BCUT2D eigenvalue weighted by Crippen LogP contribution is 2.23. The highest BCUT2D eigenvalue weighted by atomic mass is 35.5. The van der Waals surface area contributed by atoms with E-state index >= 15 is 0 Å². The van der Waals surface area contributed by atoms with Crippen LogP contribution >= 0.6 is 11.6 Å². The predicted octanol–water partition coefficient (Wildman–Crippen LogP) is 2.79. The molecule has 3 rings (SSSR count). The van der Waals surface area contributed by atoms with Crippen molar-refractivity contribution in [2.45, 2.75) is 19.0 Å². The van der Waals surface area contributed by atoms with Gasteiger partial charge in [-0.05, 0) is 18.9 Å². The average Bonchev–Trinajstić information content (AvgIpc) is 2.80. The summed E-state index contributed by atoms with van der Waals surface area (Å²) in [5, 5.41) is 1.27. The fraction of sp³-hybridized carbons (Fsp3) is 0.385. The summed E-state index contributed by atoms with van der Waals surface area (Å²) in [6, 6.07) is 1.73. The second kappa shape index (κ2) is 4.81. The number of carbonyl (C=O) groups excluding carboxylic acids is 1. The molecule has 1 amide bonds. The third kappa shape index (κ3) is 2.30. The second-order valence-electron chi connectivity index (χ2n) is 4.72. The molecule has 0 aliphatic carbocycles. The number of piperidine rings is 1. The van der Waals surface area contributed by atoms with E-state index in [0.717, 1.165) is 5.39 Å². The molecule has 2 aromatic heterocycles. The van der Waals surface area contributed by atoms with Crippen LogP contribution in [0.25, 0.3) is 11.0 Å². The molecular formula is C13H13ClFN3O. The number of nitrogens with zero attached hydrogens (tertiary/aromatic N) is 2. The lowest BCUT2D eigenvalue weighted by Crippen LogP contribution is -2.39. The number of carbonyl (C=O) groups is 1. The highest BCUT2D eigenvalue weighted by Gasteiger charge is 2.23. The van der Waals surface area contributed by atoms with Crippen LogP contribution < -0.4 is 0 Å². The molecule has 0 bridgehead atoms. The van der Waals surface area contributed by atoms with Crippen molar-refractivity contribution in [1.29, 1.82) is 0 Å². The predicted molar refractivity (Wildman–Crippen MR) is 71.1 cm³/mol. The SMILES string of the molecule is O=C(c1cnc2[nH]cc(Cl)c2c1)N1CCC(F)CC1. The molecule has 1 aliphatic rings. The Labute approximate surface area is 114 Å². The van der Waals surface area contributed by atoms with Gasteiger partial charge in [-0.3, -0.25) is 4.79 Å². The van der Waals surface area contributed by atoms with Gasteiger partial charge in [0.2, 0.25) is 0 Å². The van der Waals surface area contributed by atoms with Crippen LogP contribution in [0.2, 0.25) is 5.02 Å². The minimum absolute atomic E-state index is 0.112. The summed E-state index contributed by atoms with van der Waals surface area (Å²) in [5.74, 6) is -0.112. The Bertz CT molecular complexity index is 619. The van der Waals surface area contributed by atoms with E-state index in [4.69, 9.17) is 11.6 Å². The number of amides is 1. The van der Waals surface area contributed by atoms with Gasteiger partial charge >= 0.3 is 0 Å². The number of nitrogens with one attached hydrogen (secondary N) is 1. The van der Waals surface area contributed by atoms with Crippen molar-refractivity contribution in [2.75, 3.05) is 13.1 Å². The zero-order valence-corrected chi connectivity index (χ0v) is 11.0. The number of hydrogen-bond acceptors (Lipinski definition) is 2. The van der Waals surface area contributed by atoms with Crippen molar-refractivity contribution in [3.63, 3.8) is 0 Å². The summed E-state index contributed by atoms with van der Waals surface area (Å²) in [7, 11) is 0. The Morgan fingerprint density at radius 3 is 2.95 bits per heavy atom. The lowest BCUT2D eigenvalue weighted by atomic mass is 10.1. The van der Waals surface area contributed by atoms with Crippen LogP contribution in [0.3, 0.4) is 0 Å². The largest absolute Gasteiger partial charge is 0.345 e. The van der Waals surface area contributed by atoms with E-state index in [1.807, 2.05) is 0 Å². The summed E-state index contributed by atoms with van der Waals surface area (Å²) in [5.41, 5.74) is 1.15. The molecular weight excluding hydrogens is 269 g/mol. The molecule has 1 saturated heterocycles. The maximum Gasteiger partial charge on any atom is 0.255 e. The molecule has 100 valence electrons. The molecule has 0 atom stereocenters. The number of pyridine rings is 1. The number of hydrogen-bond donors (Lipinski definition) is 1. The number of alkyl halides is 1. The van der Waals surface area contributed by atoms with Gasteiger partial charge in [0.15, 0.2) is 0 Å². The van der Waals surface area contributed by atoms with Crippen LogP contribution in [0, 0.1) is 0 Å². The molecule has 0 unspecified atom stereocenters. The molecule has 1 N–H and O–H groups in total. The van der Waals surface area contributed by atoms with Crippen LogP contribution in [0.15, 0.2) is 18.5 Å². The van der Waals surface area contributed by atoms with Crippen LogP contribution in [0.4, 0.5) is 4.39 Å². The first kappa shape index (κ1) is 12.4. The van der Waals surface area contributed by atoms with Crippen molar-refractivity contribution in [3.05, 3.63) is 29.0 Å². The fourth-order valence-corrected chi connectivity index (χ4v) is 2.52. The number of fused-ring (bicyclic) bond motifs is 1. The zero-order valence-electron chi connectivity index (χ0n) is 10.2. The summed E-state index contributed by atoms with van der Waals surface area (Å²) in [4.78, 5) is 21.1. The molecule has 6 heteroatoms. The van der Waals surface area contributed by atoms with Crippen LogP contribution in [-0.4, -0.2) is 40.0 Å². The molecule has 0 radical (unpaired) electrons. The Hall–Kier alpha value is -1.62. The van der Waals surface area contributed by atoms with E-state index in [1.54, 1.807) is 17.2 Å². The van der Waals surface area contributed by atoms with E-state index in [9.17, 15) is 9.18 Å². The van der Waals surface area contributed by atoms with E-state index in [1.165, 1.54) is 6.20 Å². The maximum absolute atomic E-state index is 13.1. The molecule has 0 aromatic carbocycles. The number of aromatic nitrogens is 2. The van der Waals surface area contributed by atoms with Crippen LogP contribution in [0.1, 0.15) is 23.2 Å². The van der Waals surface area contributed by atoms with Crippen molar-refractivity contribution < 1.29 is 9.18 Å². The molecule has 2 aromatic rings. The van der Waals surface area contributed by atoms with Gasteiger partial charge in [-0.15, -0.1) is 0 Å². The zero-order chi connectivity index (χ0) is 13.4. The van der Waals surface area contributed by atoms with Gasteiger partial charge in [-0.25, -0.2) is 9.37 Å². The smallest absolute Gasteiger partial charge is 0.255 e. The second-order valence-corrected chi connectivity index (χ2v) is 5.13. The van der Waals surface area contributed by atoms with Gasteiger partial charge in [0, 0.05) is 30.9 Å². The summed E-state index contributed by atoms with van der Waals surface area (Å²) >= 11 is 6.01. The molecule has 1 aliphatic heterocycles. The highest BCUT2D eigenvalue weighted by molar-refractivity contribution is 6.35. The molecule has 19 heavy (non-hydrogen) atoms. The van der Waals surface area contributed by atoms with Gasteiger partial charge in [0.05, 0.1) is 10.6 Å². The minimum Gasteiger partial charge on any atom is -0.345 e. The normalized spacial score (nSPS) is 17.1. The van der Waals surface area contributed by atoms with Crippen molar-refractivity contribution in [1.82, 2.24) is 14.9 Å². The summed E-state index contributed by atoms with van der Waals surface area (Å²) < 4.78 is 13.1. The summed E-state index contributed by atoms with van der Waals surface area (Å²) in [6.45, 7) is 0.914. The molecule has 0 spiro atoms. The lowest BCUT2D eigenvalue weighted by Gasteiger charge is -2.28. The van der Waals surface area contributed by atoms with Crippen molar-refractivity contribution >= 4 is 28.5 Å². The Morgan fingerprint density at radius 2 is 2.21 bits per heavy atom. The summed E-state index contributed by atoms with van der Waals surface area (Å²) in [6.07, 6.45) is 3.20. The average molecular weight is 282 g/mol. The Morgan fingerprint density at radius 1 is 1.47 bits per heavy atom. The number of aromatic amines is 1. The lowest BCUT2D eigenvalue weighted by molar-refractivity contribution is 0.0667. The molecule has 1 fully saturated rings. The molecule has 4 nitrogen and oxygen atoms in total. The maximum atomic E-state index is 13.1. The third-order valence-electron chi connectivity index (χ3n) is 3.44. The monoisotopic (exact) mass is 281 g/mol. The first-order valence-corrected chi connectivity index (χ1v) is 6.59. The number of rotatable bonds is 1. The Balaban J connectivity index is 1.87. The van der Waals surface area contributed by atoms with Gasteiger partial charge in [-0.2, -0.15) is 0 Å². The number of halogens is 2. The van der Waals surface area contributed by atoms with E-state index in [0.29, 0.717) is 42.2 Å². The van der Waals surface area contributed by atoms with E-state index < -0.39 is 6.17 Å². The minimum atomic E-state index is -0.788. The first-order chi connectivity index (χ1) is 9.15. The van der Waals surface area contributed by atoms with E-state index in [2.05, 4.69) is 9.97 Å². The molecule has 0 saturated carbocycles. The number of H-pyrrole nitrogens is 1. The van der Waals surface area contributed by atoms with Crippen LogP contribution in [-0.2, 0) is 0 Å². The fourth-order valence-electron chi connectivity index (χ4n) is 2.32. The third-order valence-corrected chi connectivity index (χ3v) is 3.75. The standard InChI is InChI=1S/C13H13ClFN3O/c14-11-7-17-12-10(11)5-8(6-16-12)13(19)18-3-1-9(15)2-4-18/h5-7,9H,1-4H2,(H,16,17). The van der Waals surface area contributed by atoms with Gasteiger partial charge in [0.25, 0.3) is 5.91 Å². The molecule has 3 heterocycles. The van der Waals surface area contributed by atoms with Crippen molar-refractivity contribution in [3.8, 4) is 0 Å². The topological polar surface area (TPSA) is 49.0 Å². The van der Waals surface area contributed by atoms with Gasteiger partial charge < -0.3 is 9.88 Å². The van der Waals surface area contributed by atoms with Crippen molar-refractivity contribution in [2.24, 2.45) is 0 Å².